The zero-order valence-electron chi connectivity index (χ0n) is 8.21. The van der Waals surface area contributed by atoms with Gasteiger partial charge in [0.25, 0.3) is 0 Å². The van der Waals surface area contributed by atoms with E-state index in [4.69, 9.17) is 0 Å². The first-order valence-corrected chi connectivity index (χ1v) is 5.53. The fourth-order valence-corrected chi connectivity index (χ4v) is 2.50. The molecule has 0 N–H and O–H groups in total. The Kier molecular flexibility index (Phi) is 1.82. The first-order valence-electron chi connectivity index (χ1n) is 4.71. The van der Waals surface area contributed by atoms with Crippen LogP contribution in [0.25, 0.3) is 15.3 Å². The number of aromatic nitrogens is 3. The van der Waals surface area contributed by atoms with E-state index in [0.717, 1.165) is 16.3 Å². The maximum Gasteiger partial charge on any atom is 0.211 e. The molecule has 0 aliphatic carbocycles. The summed E-state index contributed by atoms with van der Waals surface area (Å²) in [5.41, 5.74) is 2.14. The van der Waals surface area contributed by atoms with Gasteiger partial charge in [0.15, 0.2) is 0 Å². The first-order chi connectivity index (χ1) is 7.34. The van der Waals surface area contributed by atoms with Crippen LogP contribution in [0.15, 0.2) is 36.5 Å². The molecule has 0 saturated carbocycles. The molecule has 0 saturated heterocycles. The van der Waals surface area contributed by atoms with Crippen molar-refractivity contribution in [1.82, 2.24) is 14.8 Å². The Balaban J connectivity index is 2.24. The minimum absolute atomic E-state index is 0.929. The van der Waals surface area contributed by atoms with Crippen LogP contribution in [-0.4, -0.2) is 14.8 Å². The van der Waals surface area contributed by atoms with Gasteiger partial charge < -0.3 is 0 Å². The van der Waals surface area contributed by atoms with E-state index >= 15 is 0 Å². The fourth-order valence-electron chi connectivity index (χ4n) is 1.52. The number of para-hydroxylation sites is 1. The van der Waals surface area contributed by atoms with Crippen LogP contribution in [-0.2, 0) is 0 Å². The van der Waals surface area contributed by atoms with Crippen LogP contribution in [0.1, 0.15) is 5.69 Å². The van der Waals surface area contributed by atoms with E-state index in [9.17, 15) is 0 Å². The predicted molar refractivity (Wildman–Crippen MR) is 61.5 cm³/mol. The van der Waals surface area contributed by atoms with Crippen molar-refractivity contribution in [2.75, 3.05) is 0 Å². The lowest BCUT2D eigenvalue weighted by Crippen LogP contribution is -1.96. The highest BCUT2D eigenvalue weighted by Crippen LogP contribution is 2.24. The maximum atomic E-state index is 4.54. The number of fused-ring (bicyclic) bond motifs is 1. The van der Waals surface area contributed by atoms with E-state index in [1.54, 1.807) is 17.5 Å². The molecule has 0 amide bonds. The molecular formula is C11H9N3S. The average molecular weight is 215 g/mol. The van der Waals surface area contributed by atoms with Crippen molar-refractivity contribution in [3.8, 4) is 5.13 Å². The van der Waals surface area contributed by atoms with Gasteiger partial charge in [0.05, 0.1) is 10.2 Å². The lowest BCUT2D eigenvalue weighted by Gasteiger charge is -1.96. The number of hydrogen-bond acceptors (Lipinski definition) is 3. The zero-order chi connectivity index (χ0) is 10.3. The van der Waals surface area contributed by atoms with E-state index in [-0.39, 0.29) is 0 Å². The number of benzene rings is 1. The molecule has 0 fully saturated rings. The fraction of sp³-hybridized carbons (Fsp3) is 0.0909. The van der Waals surface area contributed by atoms with E-state index in [1.165, 1.54) is 4.70 Å². The highest BCUT2D eigenvalue weighted by molar-refractivity contribution is 7.20. The summed E-state index contributed by atoms with van der Waals surface area (Å²) in [6.45, 7) is 2.03. The summed E-state index contributed by atoms with van der Waals surface area (Å²) in [4.78, 5) is 4.54. The van der Waals surface area contributed by atoms with E-state index < -0.39 is 0 Å². The molecule has 3 aromatic rings. The predicted octanol–water partition coefficient (Wildman–Crippen LogP) is 2.79. The molecule has 2 heterocycles. The molecule has 0 bridgehead atoms. The van der Waals surface area contributed by atoms with Crippen LogP contribution in [0.4, 0.5) is 0 Å². The molecule has 74 valence electrons. The molecule has 4 heteroatoms. The molecule has 0 aliphatic rings. The molecule has 0 aliphatic heterocycles. The van der Waals surface area contributed by atoms with Crippen molar-refractivity contribution in [2.45, 2.75) is 6.92 Å². The summed E-state index contributed by atoms with van der Waals surface area (Å²) < 4.78 is 3.06. The smallest absolute Gasteiger partial charge is 0.211 e. The Bertz CT molecular complexity index is 576. The van der Waals surface area contributed by atoms with Crippen LogP contribution in [0.5, 0.6) is 0 Å². The van der Waals surface area contributed by atoms with Gasteiger partial charge in [0, 0.05) is 11.9 Å². The van der Waals surface area contributed by atoms with Crippen LogP contribution in [0, 0.1) is 6.92 Å². The van der Waals surface area contributed by atoms with Gasteiger partial charge in [-0.25, -0.2) is 9.67 Å². The molecule has 0 atom stereocenters. The van der Waals surface area contributed by atoms with Gasteiger partial charge in [-0.2, -0.15) is 5.10 Å². The average Bonchev–Trinajstić information content (AvgIpc) is 2.82. The second-order valence-corrected chi connectivity index (χ2v) is 4.36. The zero-order valence-corrected chi connectivity index (χ0v) is 9.03. The van der Waals surface area contributed by atoms with Crippen LogP contribution < -0.4 is 0 Å². The van der Waals surface area contributed by atoms with E-state index in [2.05, 4.69) is 16.1 Å². The summed E-state index contributed by atoms with van der Waals surface area (Å²) in [7, 11) is 0. The number of thiazole rings is 1. The number of hydrogen-bond donors (Lipinski definition) is 0. The van der Waals surface area contributed by atoms with Crippen LogP contribution in [0.3, 0.4) is 0 Å². The first kappa shape index (κ1) is 8.61. The molecule has 3 nitrogen and oxygen atoms in total. The minimum Gasteiger partial charge on any atom is -0.218 e. The number of nitrogens with zero attached hydrogens (tertiary/aromatic N) is 3. The monoisotopic (exact) mass is 215 g/mol. The second-order valence-electron chi connectivity index (χ2n) is 3.35. The molecule has 0 radical (unpaired) electrons. The number of rotatable bonds is 1. The molecule has 1 aromatic carbocycles. The summed E-state index contributed by atoms with van der Waals surface area (Å²) >= 11 is 1.66. The van der Waals surface area contributed by atoms with Gasteiger partial charge in [0.2, 0.25) is 5.13 Å². The molecule has 15 heavy (non-hydrogen) atoms. The normalized spacial score (nSPS) is 11.0. The summed E-state index contributed by atoms with van der Waals surface area (Å²) in [6.07, 6.45) is 1.79. The highest BCUT2D eigenvalue weighted by atomic mass is 32.1. The summed E-state index contributed by atoms with van der Waals surface area (Å²) in [5.74, 6) is 0. The van der Waals surface area contributed by atoms with E-state index in [0.29, 0.717) is 0 Å². The standard InChI is InChI=1S/C11H9N3S/c1-8-6-7-12-14(8)11-13-9-4-2-3-5-10(9)15-11/h2-7H,1H3. The van der Waals surface area contributed by atoms with Crippen LogP contribution in [0.2, 0.25) is 0 Å². The third kappa shape index (κ3) is 1.34. The van der Waals surface area contributed by atoms with Crippen molar-refractivity contribution >= 4 is 21.6 Å². The minimum atomic E-state index is 0.929. The van der Waals surface area contributed by atoms with Crippen molar-refractivity contribution in [1.29, 1.82) is 0 Å². The lowest BCUT2D eigenvalue weighted by molar-refractivity contribution is 0.840. The Morgan fingerprint density at radius 3 is 2.80 bits per heavy atom. The summed E-state index contributed by atoms with van der Waals surface area (Å²) in [6, 6.07) is 10.1. The lowest BCUT2D eigenvalue weighted by atomic mass is 10.3. The van der Waals surface area contributed by atoms with Crippen molar-refractivity contribution in [2.24, 2.45) is 0 Å². The molecule has 2 aromatic heterocycles. The van der Waals surface area contributed by atoms with Gasteiger partial charge in [-0.3, -0.25) is 0 Å². The quantitative estimate of drug-likeness (QED) is 0.625. The third-order valence-electron chi connectivity index (χ3n) is 2.30. The number of aryl methyl sites for hydroxylation is 1. The van der Waals surface area contributed by atoms with Gasteiger partial charge in [-0.15, -0.1) is 0 Å². The van der Waals surface area contributed by atoms with Crippen molar-refractivity contribution in [3.05, 3.63) is 42.2 Å². The van der Waals surface area contributed by atoms with Gasteiger partial charge in [-0.1, -0.05) is 23.5 Å². The van der Waals surface area contributed by atoms with Gasteiger partial charge in [0.1, 0.15) is 0 Å². The Morgan fingerprint density at radius 2 is 2.07 bits per heavy atom. The van der Waals surface area contributed by atoms with Crippen molar-refractivity contribution in [3.63, 3.8) is 0 Å². The highest BCUT2D eigenvalue weighted by Gasteiger charge is 2.06. The third-order valence-corrected chi connectivity index (χ3v) is 3.31. The molecule has 3 rings (SSSR count). The molecule has 0 spiro atoms. The van der Waals surface area contributed by atoms with Gasteiger partial charge >= 0.3 is 0 Å². The van der Waals surface area contributed by atoms with Gasteiger partial charge in [-0.05, 0) is 25.1 Å². The largest absolute Gasteiger partial charge is 0.218 e. The topological polar surface area (TPSA) is 30.7 Å². The van der Waals surface area contributed by atoms with E-state index in [1.807, 2.05) is 35.9 Å². The molecular weight excluding hydrogens is 206 g/mol. The Morgan fingerprint density at radius 1 is 1.20 bits per heavy atom. The Hall–Kier alpha value is -1.68. The Labute approximate surface area is 91.0 Å². The van der Waals surface area contributed by atoms with Crippen LogP contribution >= 0.6 is 11.3 Å². The molecule has 0 unspecified atom stereocenters. The maximum absolute atomic E-state index is 4.54. The van der Waals surface area contributed by atoms with Crippen molar-refractivity contribution < 1.29 is 0 Å². The second kappa shape index (κ2) is 3.17. The summed E-state index contributed by atoms with van der Waals surface area (Å²) in [5, 5.41) is 5.18. The SMILES string of the molecule is Cc1ccnn1-c1nc2ccccc2s1.